The van der Waals surface area contributed by atoms with Crippen LogP contribution < -0.4 is 10.9 Å². The van der Waals surface area contributed by atoms with E-state index < -0.39 is 17.4 Å². The summed E-state index contributed by atoms with van der Waals surface area (Å²) < 4.78 is 43.3. The fourth-order valence-corrected chi connectivity index (χ4v) is 1.82. The first-order chi connectivity index (χ1) is 8.77. The van der Waals surface area contributed by atoms with Crippen LogP contribution in [0.4, 0.5) is 18.9 Å². The van der Waals surface area contributed by atoms with Gasteiger partial charge in [0.05, 0.1) is 5.56 Å². The van der Waals surface area contributed by atoms with E-state index >= 15 is 0 Å². The van der Waals surface area contributed by atoms with Gasteiger partial charge in [-0.15, -0.1) is 0 Å². The number of nitrogens with one attached hydrogen (secondary N) is 1. The minimum absolute atomic E-state index is 0.0783. The molecule has 0 aliphatic carbocycles. The zero-order chi connectivity index (χ0) is 14.2. The van der Waals surface area contributed by atoms with Crippen molar-refractivity contribution in [3.8, 4) is 0 Å². The normalized spacial score (nSPS) is 12.1. The van der Waals surface area contributed by atoms with Crippen LogP contribution >= 0.6 is 0 Å². The molecule has 0 bridgehead atoms. The number of benzene rings is 1. The second-order valence-corrected chi connectivity index (χ2v) is 4.49. The maximum Gasteiger partial charge on any atom is 0.417 e. The zero-order valence-corrected chi connectivity index (χ0v) is 10.3. The van der Waals surface area contributed by atoms with Gasteiger partial charge in [0.1, 0.15) is 5.58 Å². The predicted molar refractivity (Wildman–Crippen MR) is 66.2 cm³/mol. The molecule has 0 saturated carbocycles. The molecule has 6 heteroatoms. The number of fused-ring (bicyclic) bond motifs is 1. The fourth-order valence-electron chi connectivity index (χ4n) is 1.82. The van der Waals surface area contributed by atoms with Crippen molar-refractivity contribution in [2.75, 3.05) is 5.32 Å². The van der Waals surface area contributed by atoms with Crippen molar-refractivity contribution >= 4 is 16.7 Å². The van der Waals surface area contributed by atoms with Crippen molar-refractivity contribution in [1.82, 2.24) is 0 Å². The average Bonchev–Trinajstić information content (AvgIpc) is 2.25. The summed E-state index contributed by atoms with van der Waals surface area (Å²) in [6.07, 6.45) is -4.58. The van der Waals surface area contributed by atoms with Crippen molar-refractivity contribution in [2.45, 2.75) is 26.1 Å². The van der Waals surface area contributed by atoms with E-state index in [2.05, 4.69) is 5.32 Å². The molecule has 102 valence electrons. The lowest BCUT2D eigenvalue weighted by molar-refractivity contribution is -0.136. The lowest BCUT2D eigenvalue weighted by atomic mass is 10.1. The average molecular weight is 271 g/mol. The predicted octanol–water partition coefficient (Wildman–Crippen LogP) is 3.63. The number of anilines is 1. The SMILES string of the molecule is CC(C)Nc1ccc2c(C(F)(F)F)cc(=O)oc2c1. The number of rotatable bonds is 2. The molecule has 3 nitrogen and oxygen atoms in total. The molecule has 0 aliphatic rings. The highest BCUT2D eigenvalue weighted by Crippen LogP contribution is 2.34. The lowest BCUT2D eigenvalue weighted by Gasteiger charge is -2.12. The van der Waals surface area contributed by atoms with Crippen molar-refractivity contribution < 1.29 is 17.6 Å². The van der Waals surface area contributed by atoms with E-state index in [-0.39, 0.29) is 17.0 Å². The monoisotopic (exact) mass is 271 g/mol. The molecule has 1 heterocycles. The van der Waals surface area contributed by atoms with Gasteiger partial charge < -0.3 is 9.73 Å². The minimum atomic E-state index is -4.58. The van der Waals surface area contributed by atoms with Crippen LogP contribution in [0, 0.1) is 0 Å². The Morgan fingerprint density at radius 2 is 1.89 bits per heavy atom. The molecule has 1 aromatic carbocycles. The Morgan fingerprint density at radius 1 is 1.21 bits per heavy atom. The van der Waals surface area contributed by atoms with Gasteiger partial charge in [-0.2, -0.15) is 13.2 Å². The third-order valence-electron chi connectivity index (χ3n) is 2.51. The first-order valence-electron chi connectivity index (χ1n) is 5.69. The van der Waals surface area contributed by atoms with E-state index in [0.29, 0.717) is 11.8 Å². The molecule has 0 unspecified atom stereocenters. The van der Waals surface area contributed by atoms with Gasteiger partial charge in [0.2, 0.25) is 0 Å². The highest BCUT2D eigenvalue weighted by Gasteiger charge is 2.33. The first-order valence-corrected chi connectivity index (χ1v) is 5.69. The summed E-state index contributed by atoms with van der Waals surface area (Å²) in [5.41, 5.74) is -1.47. The van der Waals surface area contributed by atoms with E-state index in [9.17, 15) is 18.0 Å². The summed E-state index contributed by atoms with van der Waals surface area (Å²) in [4.78, 5) is 11.2. The molecule has 0 spiro atoms. The summed E-state index contributed by atoms with van der Waals surface area (Å²) in [5, 5.41) is 2.91. The molecule has 19 heavy (non-hydrogen) atoms. The summed E-state index contributed by atoms with van der Waals surface area (Å²) in [6, 6.07) is 4.81. The Labute approximate surface area is 107 Å². The van der Waals surface area contributed by atoms with Crippen molar-refractivity contribution in [3.63, 3.8) is 0 Å². The summed E-state index contributed by atoms with van der Waals surface area (Å²) in [5.74, 6) is 0. The third-order valence-corrected chi connectivity index (χ3v) is 2.51. The van der Waals surface area contributed by atoms with Crippen LogP contribution in [0.25, 0.3) is 11.0 Å². The molecule has 0 saturated heterocycles. The number of alkyl halides is 3. The van der Waals surface area contributed by atoms with Gasteiger partial charge in [-0.3, -0.25) is 0 Å². The van der Waals surface area contributed by atoms with Gasteiger partial charge in [0.25, 0.3) is 0 Å². The van der Waals surface area contributed by atoms with Crippen LogP contribution in [0.3, 0.4) is 0 Å². The molecule has 0 atom stereocenters. The Bertz CT molecular complexity index is 659. The van der Waals surface area contributed by atoms with Crippen LogP contribution in [0.15, 0.2) is 33.5 Å². The molecule has 0 radical (unpaired) electrons. The second kappa shape index (κ2) is 4.60. The Balaban J connectivity index is 2.65. The van der Waals surface area contributed by atoms with E-state index in [4.69, 9.17) is 4.42 Å². The molecule has 0 amide bonds. The maximum absolute atomic E-state index is 12.8. The van der Waals surface area contributed by atoms with Crippen LogP contribution in [-0.4, -0.2) is 6.04 Å². The molecule has 2 rings (SSSR count). The summed E-state index contributed by atoms with van der Waals surface area (Å²) >= 11 is 0. The van der Waals surface area contributed by atoms with Gasteiger partial charge in [-0.25, -0.2) is 4.79 Å². The van der Waals surface area contributed by atoms with Gasteiger partial charge in [0.15, 0.2) is 0 Å². The molecule has 0 fully saturated rings. The third kappa shape index (κ3) is 2.89. The number of halogens is 3. The van der Waals surface area contributed by atoms with E-state index in [1.165, 1.54) is 18.2 Å². The highest BCUT2D eigenvalue weighted by molar-refractivity contribution is 5.84. The topological polar surface area (TPSA) is 42.2 Å². The molecular weight excluding hydrogens is 259 g/mol. The molecule has 1 N–H and O–H groups in total. The molecule has 1 aromatic heterocycles. The van der Waals surface area contributed by atoms with Gasteiger partial charge in [-0.05, 0) is 26.0 Å². The van der Waals surface area contributed by atoms with Gasteiger partial charge in [0, 0.05) is 29.2 Å². The van der Waals surface area contributed by atoms with E-state index in [0.717, 1.165) is 0 Å². The molecule has 2 aromatic rings. The smallest absolute Gasteiger partial charge is 0.417 e. The largest absolute Gasteiger partial charge is 0.423 e. The van der Waals surface area contributed by atoms with Crippen LogP contribution in [-0.2, 0) is 6.18 Å². The van der Waals surface area contributed by atoms with Gasteiger partial charge in [-0.1, -0.05) is 0 Å². The van der Waals surface area contributed by atoms with Crippen LogP contribution in [0.5, 0.6) is 0 Å². The summed E-state index contributed by atoms with van der Waals surface area (Å²) in [6.45, 7) is 3.79. The summed E-state index contributed by atoms with van der Waals surface area (Å²) in [7, 11) is 0. The van der Waals surface area contributed by atoms with Crippen LogP contribution in [0.2, 0.25) is 0 Å². The minimum Gasteiger partial charge on any atom is -0.423 e. The Hall–Kier alpha value is -1.98. The quantitative estimate of drug-likeness (QED) is 0.848. The number of hydrogen-bond acceptors (Lipinski definition) is 3. The lowest BCUT2D eigenvalue weighted by Crippen LogP contribution is -2.12. The van der Waals surface area contributed by atoms with Crippen molar-refractivity contribution in [1.29, 1.82) is 0 Å². The van der Waals surface area contributed by atoms with E-state index in [1.54, 1.807) is 0 Å². The molecule has 0 aliphatic heterocycles. The fraction of sp³-hybridized carbons (Fsp3) is 0.308. The van der Waals surface area contributed by atoms with Crippen molar-refractivity contribution in [2.24, 2.45) is 0 Å². The standard InChI is InChI=1S/C13H12F3NO2/c1-7(2)17-8-3-4-9-10(13(14,15)16)6-12(18)19-11(9)5-8/h3-7,17H,1-2H3. The van der Waals surface area contributed by atoms with Crippen LogP contribution in [0.1, 0.15) is 19.4 Å². The molecular formula is C13H12F3NO2. The van der Waals surface area contributed by atoms with Gasteiger partial charge >= 0.3 is 11.8 Å². The number of hydrogen-bond donors (Lipinski definition) is 1. The zero-order valence-electron chi connectivity index (χ0n) is 10.3. The first kappa shape index (κ1) is 13.5. The highest BCUT2D eigenvalue weighted by atomic mass is 19.4. The van der Waals surface area contributed by atoms with Crippen molar-refractivity contribution in [3.05, 3.63) is 40.2 Å². The van der Waals surface area contributed by atoms with E-state index in [1.807, 2.05) is 13.8 Å². The Kier molecular flexibility index (Phi) is 3.26. The Morgan fingerprint density at radius 3 is 2.47 bits per heavy atom. The second-order valence-electron chi connectivity index (χ2n) is 4.49. The maximum atomic E-state index is 12.8.